The lowest BCUT2D eigenvalue weighted by Gasteiger charge is -2.06. The van der Waals surface area contributed by atoms with E-state index >= 15 is 0 Å². The van der Waals surface area contributed by atoms with Crippen molar-refractivity contribution in [3.8, 4) is 0 Å². The summed E-state index contributed by atoms with van der Waals surface area (Å²) in [6.07, 6.45) is 6.92. The fraction of sp³-hybridized carbons (Fsp3) is 0.467. The number of hydrogen-bond acceptors (Lipinski definition) is 2. The van der Waals surface area contributed by atoms with E-state index in [1.54, 1.807) is 0 Å². The highest BCUT2D eigenvalue weighted by atomic mass is 35.5. The number of benzene rings is 1. The number of hydrogen-bond donors (Lipinski definition) is 2. The summed E-state index contributed by atoms with van der Waals surface area (Å²) in [5.41, 5.74) is 12.6. The SMILES string of the molecule is CCCCCCCC(=NN=C(N)N)c1ccc(Cl)cc1. The van der Waals surface area contributed by atoms with Crippen molar-refractivity contribution in [1.29, 1.82) is 0 Å². The molecule has 110 valence electrons. The Morgan fingerprint density at radius 1 is 1.00 bits per heavy atom. The van der Waals surface area contributed by atoms with Gasteiger partial charge in [-0.1, -0.05) is 56.3 Å². The Morgan fingerprint density at radius 2 is 1.65 bits per heavy atom. The van der Waals surface area contributed by atoms with Gasteiger partial charge in [0.15, 0.2) is 0 Å². The van der Waals surface area contributed by atoms with E-state index in [9.17, 15) is 0 Å². The first kappa shape index (κ1) is 16.5. The van der Waals surface area contributed by atoms with E-state index in [0.717, 1.165) is 24.1 Å². The molecule has 5 heteroatoms. The van der Waals surface area contributed by atoms with Crippen LogP contribution in [0.4, 0.5) is 0 Å². The highest BCUT2D eigenvalue weighted by molar-refractivity contribution is 6.30. The molecule has 0 saturated heterocycles. The van der Waals surface area contributed by atoms with E-state index in [4.69, 9.17) is 23.1 Å². The van der Waals surface area contributed by atoms with E-state index < -0.39 is 0 Å². The summed E-state index contributed by atoms with van der Waals surface area (Å²) in [5, 5.41) is 8.62. The van der Waals surface area contributed by atoms with Crippen LogP contribution in [0.2, 0.25) is 5.02 Å². The van der Waals surface area contributed by atoms with Gasteiger partial charge in [-0.05, 0) is 30.5 Å². The highest BCUT2D eigenvalue weighted by Crippen LogP contribution is 2.14. The summed E-state index contributed by atoms with van der Waals surface area (Å²) >= 11 is 5.90. The lowest BCUT2D eigenvalue weighted by atomic mass is 10.0. The van der Waals surface area contributed by atoms with Gasteiger partial charge in [-0.3, -0.25) is 0 Å². The van der Waals surface area contributed by atoms with Crippen molar-refractivity contribution in [1.82, 2.24) is 0 Å². The normalized spacial score (nSPS) is 11.4. The predicted octanol–water partition coefficient (Wildman–Crippen LogP) is 3.68. The Balaban J connectivity index is 2.68. The maximum Gasteiger partial charge on any atom is 0.211 e. The molecular weight excluding hydrogens is 272 g/mol. The Kier molecular flexibility index (Phi) is 7.73. The van der Waals surface area contributed by atoms with Gasteiger partial charge in [-0.25, -0.2) is 0 Å². The van der Waals surface area contributed by atoms with E-state index in [2.05, 4.69) is 17.1 Å². The molecule has 0 bridgehead atoms. The molecule has 0 aliphatic carbocycles. The number of halogens is 1. The van der Waals surface area contributed by atoms with Crippen LogP contribution in [0, 0.1) is 0 Å². The van der Waals surface area contributed by atoms with Crippen LogP contribution in [-0.4, -0.2) is 11.7 Å². The summed E-state index contributed by atoms with van der Waals surface area (Å²) < 4.78 is 0. The first-order valence-corrected chi connectivity index (χ1v) is 7.42. The molecule has 0 aliphatic heterocycles. The zero-order valence-electron chi connectivity index (χ0n) is 12.0. The summed E-state index contributed by atoms with van der Waals surface area (Å²) in [6, 6.07) is 7.57. The number of nitrogens with zero attached hydrogens (tertiary/aromatic N) is 2. The zero-order chi connectivity index (χ0) is 14.8. The van der Waals surface area contributed by atoms with Crippen molar-refractivity contribution in [3.05, 3.63) is 34.9 Å². The molecule has 0 fully saturated rings. The fourth-order valence-electron chi connectivity index (χ4n) is 1.91. The minimum absolute atomic E-state index is 0.0255. The Labute approximate surface area is 125 Å². The van der Waals surface area contributed by atoms with Gasteiger partial charge < -0.3 is 11.5 Å². The Morgan fingerprint density at radius 3 is 2.25 bits per heavy atom. The van der Waals surface area contributed by atoms with Gasteiger partial charge in [0.1, 0.15) is 0 Å². The predicted molar refractivity (Wildman–Crippen MR) is 87.2 cm³/mol. The highest BCUT2D eigenvalue weighted by Gasteiger charge is 2.04. The average molecular weight is 295 g/mol. The molecule has 0 heterocycles. The number of nitrogens with two attached hydrogens (primary N) is 2. The number of guanidine groups is 1. The first-order chi connectivity index (χ1) is 9.63. The third-order valence-corrected chi connectivity index (χ3v) is 3.23. The third-order valence-electron chi connectivity index (χ3n) is 2.98. The number of rotatable bonds is 8. The van der Waals surface area contributed by atoms with Crippen LogP contribution in [0.15, 0.2) is 34.5 Å². The van der Waals surface area contributed by atoms with Gasteiger partial charge in [0.2, 0.25) is 5.96 Å². The van der Waals surface area contributed by atoms with Gasteiger partial charge in [0.25, 0.3) is 0 Å². The standard InChI is InChI=1S/C15H23ClN4/c1-2-3-4-5-6-7-14(19-20-15(17)18)12-8-10-13(16)11-9-12/h8-11H,2-7H2,1H3,(H4,17,18,20). The molecule has 0 atom stereocenters. The van der Waals surface area contributed by atoms with Gasteiger partial charge in [0.05, 0.1) is 5.71 Å². The van der Waals surface area contributed by atoms with Crippen LogP contribution in [0.25, 0.3) is 0 Å². The molecule has 0 unspecified atom stereocenters. The topological polar surface area (TPSA) is 76.8 Å². The van der Waals surface area contributed by atoms with Crippen molar-refractivity contribution in [2.75, 3.05) is 0 Å². The van der Waals surface area contributed by atoms with Crippen molar-refractivity contribution in [3.63, 3.8) is 0 Å². The zero-order valence-corrected chi connectivity index (χ0v) is 12.7. The molecule has 0 amide bonds. The van der Waals surface area contributed by atoms with E-state index in [-0.39, 0.29) is 5.96 Å². The molecule has 1 aromatic carbocycles. The molecule has 0 radical (unpaired) electrons. The lowest BCUT2D eigenvalue weighted by molar-refractivity contribution is 0.643. The summed E-state index contributed by atoms with van der Waals surface area (Å²) in [5.74, 6) is -0.0255. The smallest absolute Gasteiger partial charge is 0.211 e. The van der Waals surface area contributed by atoms with Crippen LogP contribution in [-0.2, 0) is 0 Å². The summed E-state index contributed by atoms with van der Waals surface area (Å²) in [7, 11) is 0. The molecule has 20 heavy (non-hydrogen) atoms. The third kappa shape index (κ3) is 6.57. The largest absolute Gasteiger partial charge is 0.369 e. The van der Waals surface area contributed by atoms with E-state index in [1.165, 1.54) is 25.7 Å². The second kappa shape index (κ2) is 9.37. The maximum absolute atomic E-state index is 5.90. The van der Waals surface area contributed by atoms with Crippen molar-refractivity contribution in [2.24, 2.45) is 21.7 Å². The summed E-state index contributed by atoms with van der Waals surface area (Å²) in [4.78, 5) is 0. The van der Waals surface area contributed by atoms with Gasteiger partial charge in [-0.15, -0.1) is 5.10 Å². The Bertz CT molecular complexity index is 447. The molecule has 0 aliphatic rings. The molecule has 4 nitrogen and oxygen atoms in total. The van der Waals surface area contributed by atoms with Gasteiger partial charge in [0, 0.05) is 5.02 Å². The van der Waals surface area contributed by atoms with Crippen LogP contribution in [0.5, 0.6) is 0 Å². The van der Waals surface area contributed by atoms with Gasteiger partial charge in [-0.2, -0.15) is 5.10 Å². The van der Waals surface area contributed by atoms with Crippen LogP contribution < -0.4 is 11.5 Å². The average Bonchev–Trinajstić information content (AvgIpc) is 2.43. The van der Waals surface area contributed by atoms with Crippen LogP contribution >= 0.6 is 11.6 Å². The molecule has 1 rings (SSSR count). The second-order valence-corrected chi connectivity index (χ2v) is 5.18. The van der Waals surface area contributed by atoms with E-state index in [1.807, 2.05) is 24.3 Å². The van der Waals surface area contributed by atoms with Crippen molar-refractivity contribution < 1.29 is 0 Å². The number of unbranched alkanes of at least 4 members (excludes halogenated alkanes) is 4. The Hall–Kier alpha value is -1.55. The molecule has 0 spiro atoms. The second-order valence-electron chi connectivity index (χ2n) is 4.74. The molecular formula is C15H23ClN4. The molecule has 4 N–H and O–H groups in total. The van der Waals surface area contributed by atoms with E-state index in [0.29, 0.717) is 5.02 Å². The summed E-state index contributed by atoms with van der Waals surface area (Å²) in [6.45, 7) is 2.21. The minimum Gasteiger partial charge on any atom is -0.369 e. The van der Waals surface area contributed by atoms with Gasteiger partial charge >= 0.3 is 0 Å². The lowest BCUT2D eigenvalue weighted by Crippen LogP contribution is -2.22. The maximum atomic E-state index is 5.90. The quantitative estimate of drug-likeness (QED) is 0.332. The first-order valence-electron chi connectivity index (χ1n) is 7.05. The molecule has 0 saturated carbocycles. The van der Waals surface area contributed by atoms with Crippen molar-refractivity contribution >= 4 is 23.3 Å². The molecule has 0 aromatic heterocycles. The van der Waals surface area contributed by atoms with Crippen LogP contribution in [0.1, 0.15) is 51.0 Å². The monoisotopic (exact) mass is 294 g/mol. The fourth-order valence-corrected chi connectivity index (χ4v) is 2.03. The van der Waals surface area contributed by atoms with Crippen molar-refractivity contribution in [2.45, 2.75) is 45.4 Å². The minimum atomic E-state index is -0.0255. The molecule has 1 aromatic rings. The van der Waals surface area contributed by atoms with Crippen LogP contribution in [0.3, 0.4) is 0 Å².